The zero-order chi connectivity index (χ0) is 11.2. The normalized spacial score (nSPS) is 18.7. The van der Waals surface area contributed by atoms with Crippen molar-refractivity contribution < 1.29 is 5.11 Å². The first kappa shape index (κ1) is 10.8. The minimum atomic E-state index is -0.357. The van der Waals surface area contributed by atoms with E-state index in [1.165, 1.54) is 0 Å². The van der Waals surface area contributed by atoms with E-state index in [4.69, 9.17) is 17.3 Å². The van der Waals surface area contributed by atoms with Gasteiger partial charge < -0.3 is 10.8 Å². The van der Waals surface area contributed by atoms with Gasteiger partial charge in [0.15, 0.2) is 0 Å². The number of hydrogen-bond acceptors (Lipinski definition) is 2. The molecule has 2 nitrogen and oxygen atoms in total. The summed E-state index contributed by atoms with van der Waals surface area (Å²) < 4.78 is 0. The van der Waals surface area contributed by atoms with Gasteiger partial charge in [0.05, 0.1) is 0 Å². The highest BCUT2D eigenvalue weighted by molar-refractivity contribution is 6.31. The van der Waals surface area contributed by atoms with E-state index in [9.17, 15) is 5.11 Å². The maximum Gasteiger partial charge on any atom is 0.123 e. The van der Waals surface area contributed by atoms with E-state index >= 15 is 0 Å². The Morgan fingerprint density at radius 3 is 2.47 bits per heavy atom. The lowest BCUT2D eigenvalue weighted by Crippen LogP contribution is -2.44. The smallest absolute Gasteiger partial charge is 0.123 e. The standard InChI is InChI=1S/C12H16ClNO/c1-7-6-9(13)8(2)10(11(7)15)12(14)4-3-5-12/h6,15H,3-5,14H2,1-2H3. The fourth-order valence-electron chi connectivity index (χ4n) is 2.28. The topological polar surface area (TPSA) is 46.2 Å². The molecule has 0 heterocycles. The lowest BCUT2D eigenvalue weighted by Gasteiger charge is -2.40. The van der Waals surface area contributed by atoms with Crippen LogP contribution in [0.15, 0.2) is 6.07 Å². The molecule has 0 amide bonds. The summed E-state index contributed by atoms with van der Waals surface area (Å²) in [6, 6.07) is 1.79. The minimum absolute atomic E-state index is 0.319. The van der Waals surface area contributed by atoms with E-state index in [1.54, 1.807) is 6.07 Å². The van der Waals surface area contributed by atoms with Gasteiger partial charge in [0.1, 0.15) is 5.75 Å². The molecular formula is C12H16ClNO. The number of halogens is 1. The van der Waals surface area contributed by atoms with Crippen molar-refractivity contribution in [1.82, 2.24) is 0 Å². The third-order valence-corrected chi connectivity index (χ3v) is 3.82. The molecule has 0 bridgehead atoms. The van der Waals surface area contributed by atoms with Crippen molar-refractivity contribution in [2.75, 3.05) is 0 Å². The van der Waals surface area contributed by atoms with Crippen LogP contribution in [-0.2, 0) is 5.54 Å². The molecule has 2 rings (SSSR count). The van der Waals surface area contributed by atoms with E-state index in [1.807, 2.05) is 13.8 Å². The highest BCUT2D eigenvalue weighted by atomic mass is 35.5. The van der Waals surface area contributed by atoms with Gasteiger partial charge in [-0.1, -0.05) is 11.6 Å². The van der Waals surface area contributed by atoms with Crippen molar-refractivity contribution in [3.63, 3.8) is 0 Å². The molecule has 0 aliphatic heterocycles. The van der Waals surface area contributed by atoms with Crippen molar-refractivity contribution >= 4 is 11.6 Å². The van der Waals surface area contributed by atoms with Gasteiger partial charge in [0, 0.05) is 16.1 Å². The van der Waals surface area contributed by atoms with E-state index in [2.05, 4.69) is 0 Å². The first-order valence-corrected chi connectivity index (χ1v) is 5.61. The third-order valence-electron chi connectivity index (χ3n) is 3.43. The highest BCUT2D eigenvalue weighted by Crippen LogP contribution is 2.46. The van der Waals surface area contributed by atoms with Crippen LogP contribution in [0.5, 0.6) is 5.75 Å². The van der Waals surface area contributed by atoms with Gasteiger partial charge in [-0.25, -0.2) is 0 Å². The summed E-state index contributed by atoms with van der Waals surface area (Å²) in [4.78, 5) is 0. The van der Waals surface area contributed by atoms with Crippen LogP contribution in [0, 0.1) is 13.8 Å². The molecule has 1 saturated carbocycles. The second kappa shape index (κ2) is 3.39. The Balaban J connectivity index is 2.63. The predicted molar refractivity (Wildman–Crippen MR) is 62.3 cm³/mol. The number of phenols is 1. The molecule has 1 aliphatic carbocycles. The molecule has 3 N–H and O–H groups in total. The SMILES string of the molecule is Cc1cc(Cl)c(C)c(C2(N)CCC2)c1O. The number of phenolic OH excluding ortho intramolecular Hbond substituents is 1. The molecule has 1 aliphatic rings. The van der Waals surface area contributed by atoms with Crippen LogP contribution in [0.1, 0.15) is 36.0 Å². The lowest BCUT2D eigenvalue weighted by molar-refractivity contribution is 0.244. The van der Waals surface area contributed by atoms with Gasteiger partial charge in [-0.2, -0.15) is 0 Å². The first-order chi connectivity index (χ1) is 6.96. The molecule has 0 aromatic heterocycles. The molecule has 82 valence electrons. The van der Waals surface area contributed by atoms with Gasteiger partial charge in [0.25, 0.3) is 0 Å². The number of benzene rings is 1. The summed E-state index contributed by atoms with van der Waals surface area (Å²) >= 11 is 6.11. The summed E-state index contributed by atoms with van der Waals surface area (Å²) in [5, 5.41) is 10.8. The quantitative estimate of drug-likeness (QED) is 0.772. The summed E-state index contributed by atoms with van der Waals surface area (Å²) in [7, 11) is 0. The molecule has 0 atom stereocenters. The van der Waals surface area contributed by atoms with Gasteiger partial charge in [-0.15, -0.1) is 0 Å². The Morgan fingerprint density at radius 2 is 2.00 bits per heavy atom. The van der Waals surface area contributed by atoms with Crippen molar-refractivity contribution in [3.8, 4) is 5.75 Å². The Kier molecular flexibility index (Phi) is 2.44. The predicted octanol–water partition coefficient (Wildman–Crippen LogP) is 3.00. The number of hydrogen-bond donors (Lipinski definition) is 2. The van der Waals surface area contributed by atoms with Gasteiger partial charge >= 0.3 is 0 Å². The van der Waals surface area contributed by atoms with E-state index < -0.39 is 0 Å². The Hall–Kier alpha value is -0.730. The van der Waals surface area contributed by atoms with E-state index in [-0.39, 0.29) is 5.54 Å². The molecule has 3 heteroatoms. The van der Waals surface area contributed by atoms with Crippen molar-refractivity contribution in [1.29, 1.82) is 0 Å². The average molecular weight is 226 g/mol. The van der Waals surface area contributed by atoms with Gasteiger partial charge in [0.2, 0.25) is 0 Å². The van der Waals surface area contributed by atoms with Gasteiger partial charge in [-0.3, -0.25) is 0 Å². The Labute approximate surface area is 95.1 Å². The summed E-state index contributed by atoms with van der Waals surface area (Å²) in [5.41, 5.74) is 8.46. The summed E-state index contributed by atoms with van der Waals surface area (Å²) in [6.45, 7) is 3.77. The maximum atomic E-state index is 10.1. The Morgan fingerprint density at radius 1 is 1.40 bits per heavy atom. The molecule has 0 radical (unpaired) electrons. The van der Waals surface area contributed by atoms with E-state index in [0.29, 0.717) is 10.8 Å². The zero-order valence-corrected chi connectivity index (χ0v) is 9.86. The molecule has 1 fully saturated rings. The molecule has 15 heavy (non-hydrogen) atoms. The van der Waals surface area contributed by atoms with Crippen LogP contribution >= 0.6 is 11.6 Å². The van der Waals surface area contributed by atoms with Crippen LogP contribution in [0.4, 0.5) is 0 Å². The summed E-state index contributed by atoms with van der Waals surface area (Å²) in [6.07, 6.45) is 2.99. The number of aromatic hydroxyl groups is 1. The van der Waals surface area contributed by atoms with E-state index in [0.717, 1.165) is 36.0 Å². The second-order valence-electron chi connectivity index (χ2n) is 4.53. The number of aryl methyl sites for hydroxylation is 1. The highest BCUT2D eigenvalue weighted by Gasteiger charge is 2.38. The van der Waals surface area contributed by atoms with Crippen LogP contribution in [0.2, 0.25) is 5.02 Å². The van der Waals surface area contributed by atoms with Gasteiger partial charge in [-0.05, 0) is 50.3 Å². The molecule has 0 unspecified atom stereocenters. The monoisotopic (exact) mass is 225 g/mol. The molecule has 0 saturated heterocycles. The zero-order valence-electron chi connectivity index (χ0n) is 9.10. The average Bonchev–Trinajstić information content (AvgIpc) is 2.12. The molecule has 1 aromatic rings. The number of rotatable bonds is 1. The van der Waals surface area contributed by atoms with Crippen molar-refractivity contribution in [2.45, 2.75) is 38.6 Å². The third kappa shape index (κ3) is 1.52. The van der Waals surface area contributed by atoms with Crippen LogP contribution in [0.3, 0.4) is 0 Å². The van der Waals surface area contributed by atoms with Crippen LogP contribution in [-0.4, -0.2) is 5.11 Å². The van der Waals surface area contributed by atoms with Crippen molar-refractivity contribution in [3.05, 3.63) is 27.8 Å². The summed E-state index contributed by atoms with van der Waals surface area (Å²) in [5.74, 6) is 0.319. The Bertz CT molecular complexity index is 384. The first-order valence-electron chi connectivity index (χ1n) is 5.24. The van der Waals surface area contributed by atoms with Crippen LogP contribution in [0.25, 0.3) is 0 Å². The fraction of sp³-hybridized carbons (Fsp3) is 0.500. The van der Waals surface area contributed by atoms with Crippen LogP contribution < -0.4 is 5.73 Å². The minimum Gasteiger partial charge on any atom is -0.507 e. The lowest BCUT2D eigenvalue weighted by atomic mass is 9.70. The second-order valence-corrected chi connectivity index (χ2v) is 4.94. The fourth-order valence-corrected chi connectivity index (χ4v) is 2.54. The largest absolute Gasteiger partial charge is 0.507 e. The molecule has 0 spiro atoms. The van der Waals surface area contributed by atoms with Crippen molar-refractivity contribution in [2.24, 2.45) is 5.73 Å². The molecular weight excluding hydrogens is 210 g/mol. The maximum absolute atomic E-state index is 10.1. The molecule has 1 aromatic carbocycles. The number of nitrogens with two attached hydrogens (primary N) is 1.